The molecule has 15 heavy (non-hydrogen) atoms. The lowest BCUT2D eigenvalue weighted by Crippen LogP contribution is -2.06. The molecule has 0 fully saturated rings. The summed E-state index contributed by atoms with van der Waals surface area (Å²) in [5, 5.41) is 7.30. The average Bonchev–Trinajstić information content (AvgIpc) is 2.64. The zero-order valence-electron chi connectivity index (χ0n) is 7.65. The number of aromatic nitrogens is 5. The molecule has 0 aliphatic rings. The Bertz CT molecular complexity index is 482. The van der Waals surface area contributed by atoms with E-state index in [-0.39, 0.29) is 5.28 Å². The molecule has 2 aromatic heterocycles. The average molecular weight is 245 g/mol. The van der Waals surface area contributed by atoms with Crippen molar-refractivity contribution in [2.75, 3.05) is 12.4 Å². The summed E-state index contributed by atoms with van der Waals surface area (Å²) in [6.45, 7) is 0. The smallest absolute Gasteiger partial charge is 0.256 e. The van der Waals surface area contributed by atoms with Gasteiger partial charge in [0.15, 0.2) is 0 Å². The number of nitrogens with one attached hydrogen (secondary N) is 1. The molecular weight excluding hydrogens is 239 g/mol. The van der Waals surface area contributed by atoms with Crippen LogP contribution in [0, 0.1) is 0 Å². The first-order valence-electron chi connectivity index (χ1n) is 3.99. The monoisotopic (exact) mass is 244 g/mol. The van der Waals surface area contributed by atoms with Gasteiger partial charge in [-0.05, 0) is 11.6 Å². The second kappa shape index (κ2) is 4.00. The molecule has 0 bridgehead atoms. The fourth-order valence-corrected chi connectivity index (χ4v) is 1.26. The maximum Gasteiger partial charge on any atom is 0.256 e. The van der Waals surface area contributed by atoms with Crippen molar-refractivity contribution in [1.29, 1.82) is 0 Å². The Labute approximate surface area is 95.3 Å². The van der Waals surface area contributed by atoms with E-state index in [1.807, 2.05) is 0 Å². The van der Waals surface area contributed by atoms with Crippen LogP contribution < -0.4 is 5.32 Å². The van der Waals surface area contributed by atoms with E-state index in [9.17, 15) is 0 Å². The number of hydrogen-bond donors (Lipinski definition) is 1. The predicted molar refractivity (Wildman–Crippen MR) is 56.5 cm³/mol. The van der Waals surface area contributed by atoms with E-state index in [1.54, 1.807) is 13.2 Å². The number of hydrogen-bond acceptors (Lipinski definition) is 5. The lowest BCUT2D eigenvalue weighted by Gasteiger charge is -2.02. The van der Waals surface area contributed by atoms with Crippen LogP contribution in [0.5, 0.6) is 0 Å². The van der Waals surface area contributed by atoms with E-state index in [2.05, 4.69) is 25.4 Å². The molecular formula is C7H6Cl2N6. The molecule has 1 N–H and O–H groups in total. The van der Waals surface area contributed by atoms with E-state index < -0.39 is 0 Å². The third kappa shape index (κ3) is 2.16. The number of halogens is 2. The molecule has 0 saturated carbocycles. The Hall–Kier alpha value is -1.40. The van der Waals surface area contributed by atoms with Gasteiger partial charge in [0.2, 0.25) is 11.2 Å². The highest BCUT2D eigenvalue weighted by Crippen LogP contribution is 2.11. The van der Waals surface area contributed by atoms with Crippen LogP contribution in [-0.4, -0.2) is 31.8 Å². The first kappa shape index (κ1) is 10.1. The van der Waals surface area contributed by atoms with Crippen molar-refractivity contribution in [3.63, 3.8) is 0 Å². The fraction of sp³-hybridized carbons (Fsp3) is 0.143. The zero-order valence-corrected chi connectivity index (χ0v) is 9.16. The maximum absolute atomic E-state index is 5.72. The molecule has 78 valence electrons. The molecule has 0 aliphatic heterocycles. The SMILES string of the molecule is CNc1nc(Cl)nc(-n2cc(Cl)cn2)n1. The van der Waals surface area contributed by atoms with Crippen LogP contribution >= 0.6 is 23.2 Å². The highest BCUT2D eigenvalue weighted by molar-refractivity contribution is 6.30. The van der Waals surface area contributed by atoms with Crippen LogP contribution in [0.1, 0.15) is 0 Å². The van der Waals surface area contributed by atoms with Crippen LogP contribution in [0.15, 0.2) is 12.4 Å². The molecule has 0 unspecified atom stereocenters. The van der Waals surface area contributed by atoms with E-state index in [0.29, 0.717) is 16.9 Å². The minimum atomic E-state index is 0.0935. The predicted octanol–water partition coefficient (Wildman–Crippen LogP) is 1.41. The second-order valence-electron chi connectivity index (χ2n) is 2.58. The standard InChI is InChI=1S/C7H6Cl2N6/c1-10-6-12-5(9)13-7(14-6)15-3-4(8)2-11-15/h2-3H,1H3,(H,10,12,13,14). The van der Waals surface area contributed by atoms with Crippen LogP contribution in [0.25, 0.3) is 5.95 Å². The molecule has 0 aromatic carbocycles. The van der Waals surface area contributed by atoms with Gasteiger partial charge in [0, 0.05) is 7.05 Å². The summed E-state index contributed by atoms with van der Waals surface area (Å²) in [5.74, 6) is 0.683. The van der Waals surface area contributed by atoms with Gasteiger partial charge in [0.05, 0.1) is 17.4 Å². The Morgan fingerprint density at radius 2 is 2.07 bits per heavy atom. The summed E-state index contributed by atoms with van der Waals surface area (Å²) in [5.41, 5.74) is 0. The lowest BCUT2D eigenvalue weighted by molar-refractivity contribution is 0.797. The van der Waals surface area contributed by atoms with E-state index >= 15 is 0 Å². The highest BCUT2D eigenvalue weighted by atomic mass is 35.5. The molecule has 8 heteroatoms. The Morgan fingerprint density at radius 1 is 1.27 bits per heavy atom. The molecule has 0 atom stereocenters. The van der Waals surface area contributed by atoms with Crippen molar-refractivity contribution in [2.24, 2.45) is 0 Å². The van der Waals surface area contributed by atoms with Gasteiger partial charge < -0.3 is 5.32 Å². The van der Waals surface area contributed by atoms with Crippen molar-refractivity contribution in [3.8, 4) is 5.95 Å². The quantitative estimate of drug-likeness (QED) is 0.866. The fourth-order valence-electron chi connectivity index (χ4n) is 0.964. The molecule has 0 radical (unpaired) electrons. The molecule has 2 aromatic rings. The molecule has 0 aliphatic carbocycles. The third-order valence-corrected chi connectivity index (χ3v) is 1.94. The first-order chi connectivity index (χ1) is 7.19. The van der Waals surface area contributed by atoms with Crippen LogP contribution in [-0.2, 0) is 0 Å². The molecule has 0 spiro atoms. The normalized spacial score (nSPS) is 10.3. The van der Waals surface area contributed by atoms with Gasteiger partial charge in [-0.1, -0.05) is 11.6 Å². The van der Waals surface area contributed by atoms with Gasteiger partial charge in [-0.3, -0.25) is 0 Å². The molecule has 0 amide bonds. The molecule has 2 heterocycles. The minimum absolute atomic E-state index is 0.0935. The van der Waals surface area contributed by atoms with Gasteiger partial charge >= 0.3 is 0 Å². The van der Waals surface area contributed by atoms with Crippen LogP contribution in [0.3, 0.4) is 0 Å². The van der Waals surface area contributed by atoms with Crippen molar-refractivity contribution in [1.82, 2.24) is 24.7 Å². The minimum Gasteiger partial charge on any atom is -0.357 e. The van der Waals surface area contributed by atoms with Gasteiger partial charge in [-0.15, -0.1) is 0 Å². The second-order valence-corrected chi connectivity index (χ2v) is 3.36. The van der Waals surface area contributed by atoms with Gasteiger partial charge in [-0.25, -0.2) is 4.68 Å². The Balaban J connectivity index is 2.48. The van der Waals surface area contributed by atoms with E-state index in [1.165, 1.54) is 10.9 Å². The largest absolute Gasteiger partial charge is 0.357 e. The van der Waals surface area contributed by atoms with Gasteiger partial charge in [0.25, 0.3) is 5.95 Å². The van der Waals surface area contributed by atoms with Crippen LogP contribution in [0.4, 0.5) is 5.95 Å². The summed E-state index contributed by atoms with van der Waals surface area (Å²) in [6.07, 6.45) is 3.06. The van der Waals surface area contributed by atoms with E-state index in [0.717, 1.165) is 0 Å². The summed E-state index contributed by atoms with van der Waals surface area (Å²) >= 11 is 11.4. The number of nitrogens with zero attached hydrogens (tertiary/aromatic N) is 5. The number of anilines is 1. The number of rotatable bonds is 2. The molecule has 0 saturated heterocycles. The van der Waals surface area contributed by atoms with E-state index in [4.69, 9.17) is 23.2 Å². The summed E-state index contributed by atoms with van der Waals surface area (Å²) in [6, 6.07) is 0. The Kier molecular flexibility index (Phi) is 2.70. The highest BCUT2D eigenvalue weighted by Gasteiger charge is 2.06. The molecule has 2 rings (SSSR count). The maximum atomic E-state index is 5.72. The van der Waals surface area contributed by atoms with Crippen molar-refractivity contribution in [3.05, 3.63) is 22.7 Å². The summed E-state index contributed by atoms with van der Waals surface area (Å²) in [7, 11) is 1.69. The van der Waals surface area contributed by atoms with Crippen LogP contribution in [0.2, 0.25) is 10.3 Å². The summed E-state index contributed by atoms with van der Waals surface area (Å²) in [4.78, 5) is 11.8. The van der Waals surface area contributed by atoms with Crippen molar-refractivity contribution < 1.29 is 0 Å². The summed E-state index contributed by atoms with van der Waals surface area (Å²) < 4.78 is 1.41. The van der Waals surface area contributed by atoms with Gasteiger partial charge in [-0.2, -0.15) is 20.1 Å². The van der Waals surface area contributed by atoms with Crippen molar-refractivity contribution in [2.45, 2.75) is 0 Å². The zero-order chi connectivity index (χ0) is 10.8. The van der Waals surface area contributed by atoms with Crippen molar-refractivity contribution >= 4 is 29.2 Å². The third-order valence-electron chi connectivity index (χ3n) is 1.58. The molecule has 6 nitrogen and oxygen atoms in total. The van der Waals surface area contributed by atoms with Gasteiger partial charge in [0.1, 0.15) is 0 Å². The topological polar surface area (TPSA) is 68.5 Å². The Morgan fingerprint density at radius 3 is 2.67 bits per heavy atom. The lowest BCUT2D eigenvalue weighted by atomic mass is 10.7. The first-order valence-corrected chi connectivity index (χ1v) is 4.74.